The summed E-state index contributed by atoms with van der Waals surface area (Å²) in [5.41, 5.74) is 0.507. The predicted molar refractivity (Wildman–Crippen MR) is 84.0 cm³/mol. The van der Waals surface area contributed by atoms with Gasteiger partial charge in [0.15, 0.2) is 9.84 Å². The highest BCUT2D eigenvalue weighted by atomic mass is 32.2. The van der Waals surface area contributed by atoms with Gasteiger partial charge in [-0.25, -0.2) is 8.42 Å². The van der Waals surface area contributed by atoms with Gasteiger partial charge in [-0.05, 0) is 31.5 Å². The quantitative estimate of drug-likeness (QED) is 0.896. The number of aromatic amines is 1. The number of benzene rings is 1. The Morgan fingerprint density at radius 3 is 2.77 bits per heavy atom. The monoisotopic (exact) mass is 322 g/mol. The van der Waals surface area contributed by atoms with Crippen LogP contribution < -0.4 is 10.1 Å². The molecule has 118 valence electrons. The first-order valence-electron chi connectivity index (χ1n) is 7.00. The Balaban J connectivity index is 1.83. The van der Waals surface area contributed by atoms with Crippen molar-refractivity contribution in [2.45, 2.75) is 18.9 Å². The van der Waals surface area contributed by atoms with Crippen LogP contribution in [0.15, 0.2) is 24.3 Å². The van der Waals surface area contributed by atoms with E-state index < -0.39 is 15.4 Å². The summed E-state index contributed by atoms with van der Waals surface area (Å²) < 4.78 is 28.4. The topological polar surface area (TPSA) is 88.3 Å². The molecular formula is C15H18N2O4S. The molecule has 0 aliphatic carbocycles. The van der Waals surface area contributed by atoms with Crippen LogP contribution in [0, 0.1) is 0 Å². The smallest absolute Gasteiger partial charge is 0.268 e. The molecule has 0 bridgehead atoms. The molecule has 1 amide bonds. The van der Waals surface area contributed by atoms with Crippen molar-refractivity contribution in [3.05, 3.63) is 30.0 Å². The number of carbonyl (C=O) groups is 1. The average molecular weight is 322 g/mol. The van der Waals surface area contributed by atoms with Gasteiger partial charge in [-0.15, -0.1) is 0 Å². The number of methoxy groups -OCH3 is 1. The number of H-pyrrole nitrogens is 1. The SMILES string of the molecule is COc1ccc2cc(C(=O)NC3(C)CCS(=O)(=O)C3)[nH]c2c1. The second kappa shape index (κ2) is 5.01. The third-order valence-electron chi connectivity index (χ3n) is 3.99. The van der Waals surface area contributed by atoms with Crippen molar-refractivity contribution in [3.63, 3.8) is 0 Å². The Bertz CT molecular complexity index is 840. The van der Waals surface area contributed by atoms with Crippen LogP contribution in [0.25, 0.3) is 10.9 Å². The molecule has 2 N–H and O–H groups in total. The molecule has 0 radical (unpaired) electrons. The molecule has 7 heteroatoms. The Morgan fingerprint density at radius 2 is 2.14 bits per heavy atom. The van der Waals surface area contributed by atoms with Crippen LogP contribution in [-0.4, -0.2) is 43.5 Å². The maximum atomic E-state index is 12.4. The number of aromatic nitrogens is 1. The first-order valence-corrected chi connectivity index (χ1v) is 8.82. The summed E-state index contributed by atoms with van der Waals surface area (Å²) in [5, 5.41) is 3.73. The van der Waals surface area contributed by atoms with E-state index in [1.165, 1.54) is 0 Å². The Kier molecular flexibility index (Phi) is 3.40. The lowest BCUT2D eigenvalue weighted by molar-refractivity contribution is 0.0911. The largest absolute Gasteiger partial charge is 0.497 e. The van der Waals surface area contributed by atoms with Crippen molar-refractivity contribution in [1.82, 2.24) is 10.3 Å². The lowest BCUT2D eigenvalue weighted by Gasteiger charge is -2.23. The molecule has 3 rings (SSSR count). The van der Waals surface area contributed by atoms with Crippen molar-refractivity contribution in [2.24, 2.45) is 0 Å². The zero-order valence-corrected chi connectivity index (χ0v) is 13.3. The summed E-state index contributed by atoms with van der Waals surface area (Å²) in [6, 6.07) is 7.25. The van der Waals surface area contributed by atoms with E-state index in [0.717, 1.165) is 10.9 Å². The number of carbonyl (C=O) groups excluding carboxylic acids is 1. The van der Waals surface area contributed by atoms with E-state index in [1.807, 2.05) is 18.2 Å². The van der Waals surface area contributed by atoms with Crippen molar-refractivity contribution in [3.8, 4) is 5.75 Å². The minimum atomic E-state index is -3.06. The van der Waals surface area contributed by atoms with E-state index in [-0.39, 0.29) is 17.4 Å². The molecule has 1 aromatic heterocycles. The van der Waals surface area contributed by atoms with Crippen LogP contribution in [0.2, 0.25) is 0 Å². The Hall–Kier alpha value is -2.02. The van der Waals surface area contributed by atoms with E-state index in [0.29, 0.717) is 17.9 Å². The minimum absolute atomic E-state index is 0.0141. The van der Waals surface area contributed by atoms with E-state index in [1.54, 1.807) is 20.1 Å². The highest BCUT2D eigenvalue weighted by Crippen LogP contribution is 2.25. The van der Waals surface area contributed by atoms with Gasteiger partial charge in [0.2, 0.25) is 0 Å². The number of rotatable bonds is 3. The van der Waals surface area contributed by atoms with E-state index in [4.69, 9.17) is 4.74 Å². The van der Waals surface area contributed by atoms with Crippen LogP contribution in [0.3, 0.4) is 0 Å². The van der Waals surface area contributed by atoms with Gasteiger partial charge in [0.25, 0.3) is 5.91 Å². The zero-order chi connectivity index (χ0) is 16.0. The number of fused-ring (bicyclic) bond motifs is 1. The van der Waals surface area contributed by atoms with Crippen molar-refractivity contribution >= 4 is 26.6 Å². The minimum Gasteiger partial charge on any atom is -0.497 e. The van der Waals surface area contributed by atoms with Crippen molar-refractivity contribution < 1.29 is 17.9 Å². The lowest BCUT2D eigenvalue weighted by Crippen LogP contribution is -2.47. The molecule has 2 heterocycles. The molecule has 0 spiro atoms. The molecule has 1 unspecified atom stereocenters. The fourth-order valence-electron chi connectivity index (χ4n) is 2.81. The molecule has 1 aromatic carbocycles. The number of nitrogens with one attached hydrogen (secondary N) is 2. The zero-order valence-electron chi connectivity index (χ0n) is 12.5. The molecule has 1 atom stereocenters. The molecule has 1 saturated heterocycles. The molecule has 22 heavy (non-hydrogen) atoms. The van der Waals surface area contributed by atoms with Crippen LogP contribution in [-0.2, 0) is 9.84 Å². The summed E-state index contributed by atoms with van der Waals surface area (Å²) in [5.74, 6) is 0.512. The standard InChI is InChI=1S/C15H18N2O4S/c1-15(5-6-22(19,20)9-15)17-14(18)13-7-10-3-4-11(21-2)8-12(10)16-13/h3-4,7-8,16H,5-6,9H2,1-2H3,(H,17,18). The van der Waals surface area contributed by atoms with Gasteiger partial charge >= 0.3 is 0 Å². The van der Waals surface area contributed by atoms with E-state index in [9.17, 15) is 13.2 Å². The third-order valence-corrected chi connectivity index (χ3v) is 5.90. The maximum Gasteiger partial charge on any atom is 0.268 e. The van der Waals surface area contributed by atoms with E-state index >= 15 is 0 Å². The van der Waals surface area contributed by atoms with Crippen LogP contribution in [0.4, 0.5) is 0 Å². The maximum absolute atomic E-state index is 12.4. The Morgan fingerprint density at radius 1 is 1.36 bits per heavy atom. The summed E-state index contributed by atoms with van der Waals surface area (Å²) >= 11 is 0. The second-order valence-electron chi connectivity index (χ2n) is 5.99. The molecule has 6 nitrogen and oxygen atoms in total. The van der Waals surface area contributed by atoms with Gasteiger partial charge in [-0.2, -0.15) is 0 Å². The molecule has 1 fully saturated rings. The van der Waals surface area contributed by atoms with Gasteiger partial charge in [-0.1, -0.05) is 0 Å². The first kappa shape index (κ1) is 14.9. The van der Waals surface area contributed by atoms with Crippen LogP contribution >= 0.6 is 0 Å². The highest BCUT2D eigenvalue weighted by molar-refractivity contribution is 7.91. The van der Waals surface area contributed by atoms with E-state index in [2.05, 4.69) is 10.3 Å². The lowest BCUT2D eigenvalue weighted by atomic mass is 10.0. The van der Waals surface area contributed by atoms with Gasteiger partial charge in [0.1, 0.15) is 11.4 Å². The number of sulfone groups is 1. The number of ether oxygens (including phenoxy) is 1. The normalized spacial score (nSPS) is 23.5. The van der Waals surface area contributed by atoms with Gasteiger partial charge < -0.3 is 15.0 Å². The molecule has 1 aliphatic rings. The summed E-state index contributed by atoms with van der Waals surface area (Å²) in [4.78, 5) is 15.4. The molecule has 0 saturated carbocycles. The van der Waals surface area contributed by atoms with Gasteiger partial charge in [0.05, 0.1) is 24.2 Å². The molecular weight excluding hydrogens is 304 g/mol. The van der Waals surface area contributed by atoms with Crippen molar-refractivity contribution in [2.75, 3.05) is 18.6 Å². The van der Waals surface area contributed by atoms with Gasteiger partial charge in [0, 0.05) is 17.0 Å². The summed E-state index contributed by atoms with van der Waals surface area (Å²) in [6.07, 6.45) is 0.440. The molecule has 2 aromatic rings. The fourth-order valence-corrected chi connectivity index (χ4v) is 4.90. The highest BCUT2D eigenvalue weighted by Gasteiger charge is 2.39. The predicted octanol–water partition coefficient (Wildman–Crippen LogP) is 1.48. The van der Waals surface area contributed by atoms with Crippen molar-refractivity contribution in [1.29, 1.82) is 0 Å². The number of hydrogen-bond acceptors (Lipinski definition) is 4. The fraction of sp³-hybridized carbons (Fsp3) is 0.400. The average Bonchev–Trinajstić information content (AvgIpc) is 2.98. The first-order chi connectivity index (χ1) is 10.3. The molecule has 1 aliphatic heterocycles. The summed E-state index contributed by atoms with van der Waals surface area (Å²) in [6.45, 7) is 1.77. The second-order valence-corrected chi connectivity index (χ2v) is 8.18. The Labute approximate surface area is 128 Å². The number of amides is 1. The third kappa shape index (κ3) is 2.81. The number of hydrogen-bond donors (Lipinski definition) is 2. The summed E-state index contributed by atoms with van der Waals surface area (Å²) in [7, 11) is -1.47. The van der Waals surface area contributed by atoms with Crippen LogP contribution in [0.1, 0.15) is 23.8 Å². The van der Waals surface area contributed by atoms with Crippen LogP contribution in [0.5, 0.6) is 5.75 Å². The van der Waals surface area contributed by atoms with Gasteiger partial charge in [-0.3, -0.25) is 4.79 Å².